The molecule has 1 aromatic rings. The molecule has 0 aromatic carbocycles. The molecular formula is C15H20ClN3O2. The number of amides is 2. The van der Waals surface area contributed by atoms with E-state index in [0.717, 1.165) is 19.4 Å². The zero-order chi connectivity index (χ0) is 15.0. The SMILES string of the molecule is CC1(C)C(NC(=O)Nc2cccnc2Cl)C2CCCOC21. The van der Waals surface area contributed by atoms with E-state index in [9.17, 15) is 4.79 Å². The van der Waals surface area contributed by atoms with Crippen LogP contribution < -0.4 is 10.6 Å². The number of hydrogen-bond acceptors (Lipinski definition) is 3. The first kappa shape index (κ1) is 14.6. The van der Waals surface area contributed by atoms with E-state index >= 15 is 0 Å². The Balaban J connectivity index is 1.64. The second kappa shape index (κ2) is 5.46. The summed E-state index contributed by atoms with van der Waals surface area (Å²) in [5.74, 6) is 0.406. The molecule has 2 fully saturated rings. The Kier molecular flexibility index (Phi) is 3.80. The van der Waals surface area contributed by atoms with Crippen LogP contribution in [0.2, 0.25) is 5.15 Å². The highest BCUT2D eigenvalue weighted by Gasteiger charge is 2.58. The number of fused-ring (bicyclic) bond motifs is 1. The molecule has 0 radical (unpaired) electrons. The van der Waals surface area contributed by atoms with Crippen LogP contribution in [0.4, 0.5) is 10.5 Å². The number of nitrogens with zero attached hydrogens (tertiary/aromatic N) is 1. The number of nitrogens with one attached hydrogen (secondary N) is 2. The van der Waals surface area contributed by atoms with Crippen LogP contribution in [-0.2, 0) is 4.74 Å². The molecule has 2 amide bonds. The van der Waals surface area contributed by atoms with Gasteiger partial charge in [-0.2, -0.15) is 0 Å². The highest BCUT2D eigenvalue weighted by molar-refractivity contribution is 6.32. The normalized spacial score (nSPS) is 30.0. The van der Waals surface area contributed by atoms with Crippen LogP contribution in [-0.4, -0.2) is 29.8 Å². The molecule has 1 aromatic heterocycles. The van der Waals surface area contributed by atoms with Gasteiger partial charge in [-0.05, 0) is 25.0 Å². The summed E-state index contributed by atoms with van der Waals surface area (Å²) in [4.78, 5) is 16.1. The summed E-state index contributed by atoms with van der Waals surface area (Å²) in [6, 6.07) is 3.35. The fourth-order valence-corrected chi connectivity index (χ4v) is 3.76. The first-order chi connectivity index (χ1) is 10.00. The van der Waals surface area contributed by atoms with Crippen molar-refractivity contribution in [1.29, 1.82) is 0 Å². The zero-order valence-corrected chi connectivity index (χ0v) is 13.0. The lowest BCUT2D eigenvalue weighted by Gasteiger charge is -2.59. The predicted molar refractivity (Wildman–Crippen MR) is 81.4 cm³/mol. The van der Waals surface area contributed by atoms with E-state index in [1.165, 1.54) is 0 Å². The summed E-state index contributed by atoms with van der Waals surface area (Å²) in [5, 5.41) is 6.11. The Bertz CT molecular complexity index is 549. The monoisotopic (exact) mass is 309 g/mol. The van der Waals surface area contributed by atoms with Gasteiger partial charge in [0.25, 0.3) is 0 Å². The molecule has 1 saturated carbocycles. The molecule has 3 rings (SSSR count). The molecule has 2 N–H and O–H groups in total. The maximum Gasteiger partial charge on any atom is 0.319 e. The largest absolute Gasteiger partial charge is 0.377 e. The number of halogens is 1. The van der Waals surface area contributed by atoms with Crippen LogP contribution in [0.25, 0.3) is 0 Å². The molecule has 0 spiro atoms. The number of hydrogen-bond donors (Lipinski definition) is 2. The molecule has 2 aliphatic rings. The number of rotatable bonds is 2. The second-order valence-electron chi connectivity index (χ2n) is 6.34. The van der Waals surface area contributed by atoms with Crippen molar-refractivity contribution in [3.8, 4) is 0 Å². The van der Waals surface area contributed by atoms with Gasteiger partial charge in [0, 0.05) is 30.2 Å². The van der Waals surface area contributed by atoms with Crippen LogP contribution in [0.5, 0.6) is 0 Å². The molecule has 6 heteroatoms. The third-order valence-corrected chi connectivity index (χ3v) is 4.93. The first-order valence-corrected chi connectivity index (χ1v) is 7.67. The number of pyridine rings is 1. The first-order valence-electron chi connectivity index (χ1n) is 7.30. The van der Waals surface area contributed by atoms with E-state index in [0.29, 0.717) is 16.8 Å². The van der Waals surface area contributed by atoms with Gasteiger partial charge in [0.05, 0.1) is 11.8 Å². The van der Waals surface area contributed by atoms with Crippen molar-refractivity contribution in [2.24, 2.45) is 11.3 Å². The van der Waals surface area contributed by atoms with Gasteiger partial charge in [-0.15, -0.1) is 0 Å². The summed E-state index contributed by atoms with van der Waals surface area (Å²) in [6.07, 6.45) is 4.00. The number of ether oxygens (including phenoxy) is 1. The Morgan fingerprint density at radius 3 is 3.10 bits per heavy atom. The maximum atomic E-state index is 12.2. The lowest BCUT2D eigenvalue weighted by molar-refractivity contribution is -0.189. The van der Waals surface area contributed by atoms with Gasteiger partial charge >= 0.3 is 6.03 Å². The number of carbonyl (C=O) groups excluding carboxylic acids is 1. The van der Waals surface area contributed by atoms with Crippen LogP contribution in [0.15, 0.2) is 18.3 Å². The molecule has 3 unspecified atom stereocenters. The molecule has 2 heterocycles. The third-order valence-electron chi connectivity index (χ3n) is 4.62. The Morgan fingerprint density at radius 1 is 1.52 bits per heavy atom. The lowest BCUT2D eigenvalue weighted by atomic mass is 9.55. The van der Waals surface area contributed by atoms with E-state index in [1.54, 1.807) is 18.3 Å². The molecule has 0 bridgehead atoms. The van der Waals surface area contributed by atoms with Gasteiger partial charge < -0.3 is 15.4 Å². The summed E-state index contributed by atoms with van der Waals surface area (Å²) in [6.45, 7) is 5.11. The smallest absolute Gasteiger partial charge is 0.319 e. The molecule has 1 aliphatic heterocycles. The highest BCUT2D eigenvalue weighted by Crippen LogP contribution is 2.51. The van der Waals surface area contributed by atoms with Gasteiger partial charge in [-0.25, -0.2) is 9.78 Å². The number of urea groups is 1. The van der Waals surface area contributed by atoms with E-state index in [4.69, 9.17) is 16.3 Å². The lowest BCUT2D eigenvalue weighted by Crippen LogP contribution is -2.70. The molecule has 5 nitrogen and oxygen atoms in total. The molecule has 1 aliphatic carbocycles. The van der Waals surface area contributed by atoms with Gasteiger partial charge in [0.2, 0.25) is 0 Å². The second-order valence-corrected chi connectivity index (χ2v) is 6.69. The van der Waals surface area contributed by atoms with Crippen molar-refractivity contribution in [1.82, 2.24) is 10.3 Å². The Hall–Kier alpha value is -1.33. The van der Waals surface area contributed by atoms with Crippen LogP contribution >= 0.6 is 11.6 Å². The van der Waals surface area contributed by atoms with Gasteiger partial charge in [-0.3, -0.25) is 0 Å². The molecular weight excluding hydrogens is 290 g/mol. The molecule has 1 saturated heterocycles. The minimum absolute atomic E-state index is 0.0405. The van der Waals surface area contributed by atoms with E-state index in [2.05, 4.69) is 29.5 Å². The van der Waals surface area contributed by atoms with Crippen molar-refractivity contribution < 1.29 is 9.53 Å². The van der Waals surface area contributed by atoms with Crippen LogP contribution in [0.1, 0.15) is 26.7 Å². The Labute approximate surface area is 129 Å². The van der Waals surface area contributed by atoms with Crippen molar-refractivity contribution >= 4 is 23.3 Å². The third kappa shape index (κ3) is 2.60. The zero-order valence-electron chi connectivity index (χ0n) is 12.2. The number of carbonyl (C=O) groups is 1. The Morgan fingerprint density at radius 2 is 2.33 bits per heavy atom. The maximum absolute atomic E-state index is 12.2. The van der Waals surface area contributed by atoms with Crippen molar-refractivity contribution in [3.63, 3.8) is 0 Å². The van der Waals surface area contributed by atoms with Gasteiger partial charge in [-0.1, -0.05) is 25.4 Å². The average molecular weight is 310 g/mol. The van der Waals surface area contributed by atoms with Crippen LogP contribution in [0, 0.1) is 11.3 Å². The average Bonchev–Trinajstić information content (AvgIpc) is 2.47. The number of aromatic nitrogens is 1. The van der Waals surface area contributed by atoms with E-state index < -0.39 is 0 Å². The highest BCUT2D eigenvalue weighted by atomic mass is 35.5. The quantitative estimate of drug-likeness (QED) is 0.825. The predicted octanol–water partition coefficient (Wildman–Crippen LogP) is 3.06. The fourth-order valence-electron chi connectivity index (χ4n) is 3.59. The minimum Gasteiger partial charge on any atom is -0.377 e. The fraction of sp³-hybridized carbons (Fsp3) is 0.600. The molecule has 3 atom stereocenters. The van der Waals surface area contributed by atoms with Crippen molar-refractivity contribution in [2.45, 2.75) is 38.8 Å². The van der Waals surface area contributed by atoms with Crippen molar-refractivity contribution in [3.05, 3.63) is 23.5 Å². The van der Waals surface area contributed by atoms with Gasteiger partial charge in [0.1, 0.15) is 0 Å². The summed E-state index contributed by atoms with van der Waals surface area (Å²) >= 11 is 5.95. The minimum atomic E-state index is -0.244. The van der Waals surface area contributed by atoms with Crippen LogP contribution in [0.3, 0.4) is 0 Å². The standard InChI is InChI=1S/C15H20ClN3O2/c1-15(2)11(9-5-4-8-21-12(9)15)19-14(20)18-10-6-3-7-17-13(10)16/h3,6-7,9,11-12H,4-5,8H2,1-2H3,(H2,18,19,20). The molecule has 114 valence electrons. The molecule has 21 heavy (non-hydrogen) atoms. The summed E-state index contributed by atoms with van der Waals surface area (Å²) in [5.41, 5.74) is 0.478. The van der Waals surface area contributed by atoms with Gasteiger partial charge in [0.15, 0.2) is 5.15 Å². The topological polar surface area (TPSA) is 63.2 Å². The van der Waals surface area contributed by atoms with Crippen molar-refractivity contribution in [2.75, 3.05) is 11.9 Å². The van der Waals surface area contributed by atoms with E-state index in [1.807, 2.05) is 0 Å². The summed E-state index contributed by atoms with van der Waals surface area (Å²) in [7, 11) is 0. The summed E-state index contributed by atoms with van der Waals surface area (Å²) < 4.78 is 5.84. The number of anilines is 1. The van der Waals surface area contributed by atoms with E-state index in [-0.39, 0.29) is 23.6 Å².